The first-order valence-corrected chi connectivity index (χ1v) is 6.78. The lowest BCUT2D eigenvalue weighted by Crippen LogP contribution is -2.48. The van der Waals surface area contributed by atoms with Gasteiger partial charge in [-0.1, -0.05) is 25.1 Å². The van der Waals surface area contributed by atoms with Crippen LogP contribution >= 0.6 is 0 Å². The topological polar surface area (TPSA) is 30.5 Å². The van der Waals surface area contributed by atoms with Crippen molar-refractivity contribution in [3.8, 4) is 5.75 Å². The number of hydrogen-bond acceptors (Lipinski definition) is 3. The maximum absolute atomic E-state index is 5.78. The van der Waals surface area contributed by atoms with E-state index >= 15 is 0 Å². The fourth-order valence-electron chi connectivity index (χ4n) is 2.90. The Hall–Kier alpha value is -1.06. The molecule has 1 aliphatic carbocycles. The predicted molar refractivity (Wildman–Crippen MR) is 70.8 cm³/mol. The number of hydrogen-bond donors (Lipinski definition) is 1. The average Bonchev–Trinajstić information content (AvgIpc) is 2.35. The molecule has 1 aromatic carbocycles. The summed E-state index contributed by atoms with van der Waals surface area (Å²) in [7, 11) is 1.80. The van der Waals surface area contributed by atoms with Crippen molar-refractivity contribution in [2.24, 2.45) is 5.92 Å². The van der Waals surface area contributed by atoms with Crippen LogP contribution in [0.5, 0.6) is 5.75 Å². The van der Waals surface area contributed by atoms with Gasteiger partial charge in [-0.2, -0.15) is 0 Å². The highest BCUT2D eigenvalue weighted by Crippen LogP contribution is 2.37. The molecular formula is C15H21NO2. The van der Waals surface area contributed by atoms with Gasteiger partial charge < -0.3 is 14.8 Å². The minimum atomic E-state index is 0.415. The summed E-state index contributed by atoms with van der Waals surface area (Å²) in [5.41, 5.74) is 1.30. The van der Waals surface area contributed by atoms with Gasteiger partial charge in [0.2, 0.25) is 0 Å². The van der Waals surface area contributed by atoms with Crippen molar-refractivity contribution >= 4 is 0 Å². The predicted octanol–water partition coefficient (Wildman–Crippen LogP) is 2.52. The van der Waals surface area contributed by atoms with Crippen LogP contribution in [0.25, 0.3) is 0 Å². The Bertz CT molecular complexity index is 415. The molecule has 2 atom stereocenters. The quantitative estimate of drug-likeness (QED) is 0.890. The van der Waals surface area contributed by atoms with E-state index in [0.29, 0.717) is 24.1 Å². The van der Waals surface area contributed by atoms with Crippen LogP contribution in [0.1, 0.15) is 31.4 Å². The molecule has 0 bridgehead atoms. The summed E-state index contributed by atoms with van der Waals surface area (Å²) < 4.78 is 11.1. The van der Waals surface area contributed by atoms with E-state index in [9.17, 15) is 0 Å². The third-order valence-corrected chi connectivity index (χ3v) is 4.17. The number of ether oxygens (including phenoxy) is 2. The van der Waals surface area contributed by atoms with Crippen LogP contribution < -0.4 is 10.1 Å². The fourth-order valence-corrected chi connectivity index (χ4v) is 2.90. The molecule has 2 unspecified atom stereocenters. The zero-order valence-corrected chi connectivity index (χ0v) is 11.1. The van der Waals surface area contributed by atoms with Gasteiger partial charge in [-0.25, -0.2) is 0 Å². The van der Waals surface area contributed by atoms with Gasteiger partial charge in [0.1, 0.15) is 5.75 Å². The lowest BCUT2D eigenvalue weighted by molar-refractivity contribution is 0.00956. The molecule has 3 heteroatoms. The molecular weight excluding hydrogens is 226 g/mol. The van der Waals surface area contributed by atoms with E-state index in [-0.39, 0.29) is 0 Å². The smallest absolute Gasteiger partial charge is 0.124 e. The van der Waals surface area contributed by atoms with Gasteiger partial charge in [0.25, 0.3) is 0 Å². The summed E-state index contributed by atoms with van der Waals surface area (Å²) in [6, 6.07) is 9.37. The van der Waals surface area contributed by atoms with Gasteiger partial charge in [-0.05, 0) is 18.9 Å². The van der Waals surface area contributed by atoms with E-state index in [1.807, 2.05) is 6.07 Å². The normalized spacial score (nSPS) is 34.3. The first-order chi connectivity index (χ1) is 8.78. The van der Waals surface area contributed by atoms with Crippen molar-refractivity contribution in [1.29, 1.82) is 0 Å². The van der Waals surface area contributed by atoms with Crippen molar-refractivity contribution in [3.05, 3.63) is 29.8 Å². The third-order valence-electron chi connectivity index (χ3n) is 4.17. The lowest BCUT2D eigenvalue weighted by Gasteiger charge is -2.41. The molecule has 1 N–H and O–H groups in total. The maximum Gasteiger partial charge on any atom is 0.124 e. The van der Waals surface area contributed by atoms with Crippen molar-refractivity contribution in [1.82, 2.24) is 5.32 Å². The molecule has 0 amide bonds. The zero-order chi connectivity index (χ0) is 12.5. The molecule has 2 aliphatic rings. The second-order valence-corrected chi connectivity index (χ2v) is 5.50. The van der Waals surface area contributed by atoms with E-state index in [1.165, 1.54) is 5.56 Å². The van der Waals surface area contributed by atoms with Crippen LogP contribution in [-0.4, -0.2) is 25.9 Å². The van der Waals surface area contributed by atoms with E-state index in [4.69, 9.17) is 9.47 Å². The Morgan fingerprint density at radius 3 is 2.83 bits per heavy atom. The van der Waals surface area contributed by atoms with E-state index < -0.39 is 0 Å². The Morgan fingerprint density at radius 1 is 1.28 bits per heavy atom. The second-order valence-electron chi connectivity index (χ2n) is 5.50. The summed E-state index contributed by atoms with van der Waals surface area (Å²) in [6.45, 7) is 3.05. The highest BCUT2D eigenvalue weighted by atomic mass is 16.5. The van der Waals surface area contributed by atoms with E-state index in [2.05, 4.69) is 30.4 Å². The zero-order valence-electron chi connectivity index (χ0n) is 11.1. The van der Waals surface area contributed by atoms with Crippen LogP contribution in [0.4, 0.5) is 0 Å². The summed E-state index contributed by atoms with van der Waals surface area (Å²) in [4.78, 5) is 0. The minimum absolute atomic E-state index is 0.415. The molecule has 0 spiro atoms. The summed E-state index contributed by atoms with van der Waals surface area (Å²) in [5.74, 6) is 1.55. The Balaban J connectivity index is 1.71. The Kier molecular flexibility index (Phi) is 3.27. The molecule has 1 saturated carbocycles. The largest absolute Gasteiger partial charge is 0.493 e. The van der Waals surface area contributed by atoms with Gasteiger partial charge in [0, 0.05) is 30.7 Å². The fraction of sp³-hybridized carbons (Fsp3) is 0.600. The summed E-state index contributed by atoms with van der Waals surface area (Å²) in [6.07, 6.45) is 2.71. The molecule has 3 nitrogen and oxygen atoms in total. The standard InChI is InChI=1S/C15H21NO2/c1-10-9-18-14-6-4-3-5-13(14)15(10)16-11-7-12(8-11)17-2/h3-6,10-12,15-16H,7-9H2,1-2H3. The van der Waals surface area contributed by atoms with Gasteiger partial charge in [-0.15, -0.1) is 0 Å². The molecule has 1 aliphatic heterocycles. The monoisotopic (exact) mass is 247 g/mol. The van der Waals surface area contributed by atoms with Gasteiger partial charge in [0.05, 0.1) is 12.7 Å². The molecule has 1 fully saturated rings. The van der Waals surface area contributed by atoms with E-state index in [1.54, 1.807) is 7.11 Å². The third kappa shape index (κ3) is 2.13. The second kappa shape index (κ2) is 4.90. The van der Waals surface area contributed by atoms with Crippen molar-refractivity contribution in [2.45, 2.75) is 38.0 Å². The first-order valence-electron chi connectivity index (χ1n) is 6.78. The van der Waals surface area contributed by atoms with Gasteiger partial charge in [-0.3, -0.25) is 0 Å². The summed E-state index contributed by atoms with van der Waals surface area (Å²) >= 11 is 0. The lowest BCUT2D eigenvalue weighted by atomic mass is 9.85. The highest BCUT2D eigenvalue weighted by Gasteiger charge is 2.34. The van der Waals surface area contributed by atoms with Crippen molar-refractivity contribution in [3.63, 3.8) is 0 Å². The minimum Gasteiger partial charge on any atom is -0.493 e. The summed E-state index contributed by atoms with van der Waals surface area (Å²) in [5, 5.41) is 3.77. The number of rotatable bonds is 3. The van der Waals surface area contributed by atoms with Crippen LogP contribution in [0.2, 0.25) is 0 Å². The van der Waals surface area contributed by atoms with Crippen molar-refractivity contribution < 1.29 is 9.47 Å². The van der Waals surface area contributed by atoms with Crippen LogP contribution in [0.15, 0.2) is 24.3 Å². The number of methoxy groups -OCH3 is 1. The van der Waals surface area contributed by atoms with Crippen LogP contribution in [0.3, 0.4) is 0 Å². The van der Waals surface area contributed by atoms with E-state index in [0.717, 1.165) is 25.2 Å². The molecule has 0 radical (unpaired) electrons. The molecule has 18 heavy (non-hydrogen) atoms. The molecule has 0 saturated heterocycles. The number of benzene rings is 1. The maximum atomic E-state index is 5.78. The Morgan fingerprint density at radius 2 is 2.06 bits per heavy atom. The molecule has 98 valence electrons. The number of nitrogens with one attached hydrogen (secondary N) is 1. The van der Waals surface area contributed by atoms with Crippen LogP contribution in [0, 0.1) is 5.92 Å². The van der Waals surface area contributed by atoms with Crippen LogP contribution in [-0.2, 0) is 4.74 Å². The molecule has 1 heterocycles. The number of para-hydroxylation sites is 1. The molecule has 1 aromatic rings. The van der Waals surface area contributed by atoms with Crippen molar-refractivity contribution in [2.75, 3.05) is 13.7 Å². The van der Waals surface area contributed by atoms with Gasteiger partial charge in [0.15, 0.2) is 0 Å². The SMILES string of the molecule is COC1CC(NC2c3ccccc3OCC2C)C1. The molecule has 3 rings (SSSR count). The molecule has 0 aromatic heterocycles. The first kappa shape index (κ1) is 12.0. The van der Waals surface area contributed by atoms with Gasteiger partial charge >= 0.3 is 0 Å². The average molecular weight is 247 g/mol. The Labute approximate surface area is 108 Å². The number of fused-ring (bicyclic) bond motifs is 1. The highest BCUT2D eigenvalue weighted by molar-refractivity contribution is 5.38.